The molecule has 0 aliphatic carbocycles. The van der Waals surface area contributed by atoms with E-state index in [9.17, 15) is 19.5 Å². The molecular formula is C32H38N4O5. The molecule has 3 aromatic carbocycles. The average Bonchev–Trinajstić information content (AvgIpc) is 2.97. The van der Waals surface area contributed by atoms with E-state index >= 15 is 0 Å². The van der Waals surface area contributed by atoms with Crippen molar-refractivity contribution in [2.75, 3.05) is 30.8 Å². The smallest absolute Gasteiger partial charge is 0.323 e. The van der Waals surface area contributed by atoms with Crippen LogP contribution in [0.1, 0.15) is 48.9 Å². The molecule has 2 atom stereocenters. The van der Waals surface area contributed by atoms with Gasteiger partial charge in [-0.15, -0.1) is 0 Å². The standard InChI is InChI=1S/C32H38N4O5/c1-21-9-7-8-12-26(21)34-31(40)35-27-14-13-25(19-29(27)41-3)32(33,22(2)37)24-15-17-36(18-16-24)28(20-30(38)39)23-10-5-4-6-11-23/h4-14,19,24,28H,15-18,20,33H2,1-3H3,(H,38,39)(H2,34,35,40). The highest BCUT2D eigenvalue weighted by atomic mass is 16.5. The number of carbonyl (C=O) groups is 3. The van der Waals surface area contributed by atoms with Gasteiger partial charge in [-0.25, -0.2) is 4.79 Å². The monoisotopic (exact) mass is 558 g/mol. The molecule has 9 nitrogen and oxygen atoms in total. The van der Waals surface area contributed by atoms with Crippen LogP contribution < -0.4 is 21.1 Å². The molecule has 4 rings (SSSR count). The van der Waals surface area contributed by atoms with E-state index in [1.807, 2.05) is 61.5 Å². The topological polar surface area (TPSA) is 134 Å². The van der Waals surface area contributed by atoms with Gasteiger partial charge in [-0.05, 0) is 80.6 Å². The van der Waals surface area contributed by atoms with Crippen LogP contribution >= 0.6 is 0 Å². The van der Waals surface area contributed by atoms with E-state index in [1.54, 1.807) is 18.2 Å². The first-order valence-corrected chi connectivity index (χ1v) is 13.8. The predicted molar refractivity (Wildman–Crippen MR) is 159 cm³/mol. The maximum absolute atomic E-state index is 13.1. The van der Waals surface area contributed by atoms with Crippen LogP contribution in [0.3, 0.4) is 0 Å². The Bertz CT molecular complexity index is 1390. The minimum absolute atomic E-state index is 0.00175. The van der Waals surface area contributed by atoms with Gasteiger partial charge in [-0.1, -0.05) is 54.6 Å². The van der Waals surface area contributed by atoms with E-state index in [1.165, 1.54) is 14.0 Å². The van der Waals surface area contributed by atoms with Crippen molar-refractivity contribution < 1.29 is 24.2 Å². The number of aryl methyl sites for hydroxylation is 1. The van der Waals surface area contributed by atoms with Crippen molar-refractivity contribution in [1.82, 2.24) is 4.90 Å². The minimum Gasteiger partial charge on any atom is -0.495 e. The van der Waals surface area contributed by atoms with Crippen LogP contribution in [0.2, 0.25) is 0 Å². The summed E-state index contributed by atoms with van der Waals surface area (Å²) in [5.41, 5.74) is 9.30. The number of ketones is 1. The number of Topliss-reactive ketones (excluding diaryl/α,β-unsaturated/α-hetero) is 1. The van der Waals surface area contributed by atoms with Crippen LogP contribution in [-0.4, -0.2) is 48.0 Å². The van der Waals surface area contributed by atoms with E-state index < -0.39 is 17.5 Å². The third-order valence-corrected chi connectivity index (χ3v) is 8.07. The number of rotatable bonds is 10. The Kier molecular flexibility index (Phi) is 9.42. The molecule has 3 aromatic rings. The normalized spacial score (nSPS) is 16.3. The molecule has 5 N–H and O–H groups in total. The van der Waals surface area contributed by atoms with Crippen LogP contribution in [0.5, 0.6) is 5.75 Å². The molecule has 0 bridgehead atoms. The third-order valence-electron chi connectivity index (χ3n) is 8.07. The lowest BCUT2D eigenvalue weighted by atomic mass is 9.71. The van der Waals surface area contributed by atoms with Gasteiger partial charge >= 0.3 is 12.0 Å². The van der Waals surface area contributed by atoms with Crippen LogP contribution in [0.15, 0.2) is 72.8 Å². The Labute approximate surface area is 240 Å². The second kappa shape index (κ2) is 13.0. The summed E-state index contributed by atoms with van der Waals surface area (Å²) in [6.07, 6.45) is 1.25. The van der Waals surface area contributed by atoms with Gasteiger partial charge in [0.1, 0.15) is 11.3 Å². The average molecular weight is 559 g/mol. The number of aliphatic carboxylic acids is 1. The van der Waals surface area contributed by atoms with Gasteiger partial charge in [-0.3, -0.25) is 14.5 Å². The maximum Gasteiger partial charge on any atom is 0.323 e. The summed E-state index contributed by atoms with van der Waals surface area (Å²) in [6, 6.07) is 21.6. The zero-order valence-electron chi connectivity index (χ0n) is 23.7. The number of urea groups is 1. The number of methoxy groups -OCH3 is 1. The molecule has 1 saturated heterocycles. The number of nitrogens with one attached hydrogen (secondary N) is 2. The number of carbonyl (C=O) groups excluding carboxylic acids is 2. The minimum atomic E-state index is -1.27. The fraction of sp³-hybridized carbons (Fsp3) is 0.344. The van der Waals surface area contributed by atoms with Crippen molar-refractivity contribution >= 4 is 29.2 Å². The first kappa shape index (κ1) is 29.8. The molecular weight excluding hydrogens is 520 g/mol. The molecule has 2 amide bonds. The second-order valence-corrected chi connectivity index (χ2v) is 10.6. The number of nitrogens with zero attached hydrogens (tertiary/aromatic N) is 1. The van der Waals surface area contributed by atoms with Crippen molar-refractivity contribution in [3.05, 3.63) is 89.5 Å². The molecule has 1 heterocycles. The molecule has 9 heteroatoms. The van der Waals surface area contributed by atoms with Gasteiger partial charge in [0.25, 0.3) is 0 Å². The summed E-state index contributed by atoms with van der Waals surface area (Å²) >= 11 is 0. The van der Waals surface area contributed by atoms with E-state index in [-0.39, 0.29) is 24.2 Å². The molecule has 0 spiro atoms. The summed E-state index contributed by atoms with van der Waals surface area (Å²) in [5.74, 6) is -0.792. The Morgan fingerprint density at radius 2 is 1.63 bits per heavy atom. The van der Waals surface area contributed by atoms with Crippen LogP contribution in [0.4, 0.5) is 16.2 Å². The zero-order valence-corrected chi connectivity index (χ0v) is 23.7. The molecule has 216 valence electrons. The highest BCUT2D eigenvalue weighted by molar-refractivity contribution is 6.01. The number of benzene rings is 3. The molecule has 1 aliphatic rings. The van der Waals surface area contributed by atoms with Gasteiger partial charge in [0.2, 0.25) is 0 Å². The summed E-state index contributed by atoms with van der Waals surface area (Å²) in [7, 11) is 1.50. The van der Waals surface area contributed by atoms with Gasteiger partial charge in [0, 0.05) is 11.7 Å². The summed E-state index contributed by atoms with van der Waals surface area (Å²) in [4.78, 5) is 39.6. The zero-order chi connectivity index (χ0) is 29.6. The van der Waals surface area contributed by atoms with Crippen molar-refractivity contribution in [1.29, 1.82) is 0 Å². The van der Waals surface area contributed by atoms with Crippen LogP contribution in [0.25, 0.3) is 0 Å². The fourth-order valence-electron chi connectivity index (χ4n) is 5.73. The first-order valence-electron chi connectivity index (χ1n) is 13.8. The number of likely N-dealkylation sites (tertiary alicyclic amines) is 1. The lowest BCUT2D eigenvalue weighted by molar-refractivity contribution is -0.138. The van der Waals surface area contributed by atoms with Crippen molar-refractivity contribution in [3.63, 3.8) is 0 Å². The van der Waals surface area contributed by atoms with Crippen LogP contribution in [0, 0.1) is 12.8 Å². The summed E-state index contributed by atoms with van der Waals surface area (Å²) in [6.45, 7) is 4.63. The third kappa shape index (κ3) is 6.75. The highest BCUT2D eigenvalue weighted by Gasteiger charge is 2.43. The molecule has 0 saturated carbocycles. The van der Waals surface area contributed by atoms with Gasteiger partial charge in [0.15, 0.2) is 5.78 Å². The number of nitrogens with two attached hydrogens (primary N) is 1. The highest BCUT2D eigenvalue weighted by Crippen LogP contribution is 2.40. The Morgan fingerprint density at radius 1 is 1.00 bits per heavy atom. The number of hydrogen-bond acceptors (Lipinski definition) is 6. The Hall–Kier alpha value is -4.21. The van der Waals surface area contributed by atoms with Crippen molar-refractivity contribution in [3.8, 4) is 5.75 Å². The first-order chi connectivity index (χ1) is 19.6. The number of anilines is 2. The quantitative estimate of drug-likeness (QED) is 0.265. The number of amides is 2. The summed E-state index contributed by atoms with van der Waals surface area (Å²) < 4.78 is 5.58. The van der Waals surface area contributed by atoms with Crippen LogP contribution in [-0.2, 0) is 15.1 Å². The maximum atomic E-state index is 13.1. The lowest BCUT2D eigenvalue weighted by Gasteiger charge is -2.43. The number of para-hydroxylation sites is 1. The van der Waals surface area contributed by atoms with E-state index in [0.29, 0.717) is 48.6 Å². The number of carboxylic acids is 1. The second-order valence-electron chi connectivity index (χ2n) is 10.6. The number of piperidine rings is 1. The number of carboxylic acid groups (broad SMARTS) is 1. The largest absolute Gasteiger partial charge is 0.495 e. The Balaban J connectivity index is 1.51. The molecule has 1 fully saturated rings. The number of hydrogen-bond donors (Lipinski definition) is 4. The predicted octanol–water partition coefficient (Wildman–Crippen LogP) is 5.32. The van der Waals surface area contributed by atoms with Crippen molar-refractivity contribution in [2.45, 2.75) is 44.7 Å². The Morgan fingerprint density at radius 3 is 2.24 bits per heavy atom. The van der Waals surface area contributed by atoms with E-state index in [4.69, 9.17) is 10.5 Å². The summed E-state index contributed by atoms with van der Waals surface area (Å²) in [5, 5.41) is 15.2. The van der Waals surface area contributed by atoms with E-state index in [2.05, 4.69) is 15.5 Å². The van der Waals surface area contributed by atoms with E-state index in [0.717, 1.165) is 11.1 Å². The fourth-order valence-corrected chi connectivity index (χ4v) is 5.73. The van der Waals surface area contributed by atoms with Gasteiger partial charge in [0.05, 0.1) is 19.2 Å². The molecule has 1 aliphatic heterocycles. The molecule has 0 aromatic heterocycles. The molecule has 0 radical (unpaired) electrons. The SMILES string of the molecule is COc1cc(C(N)(C(C)=O)C2CCN(C(CC(=O)O)c3ccccc3)CC2)ccc1NC(=O)Nc1ccccc1C. The molecule has 2 unspecified atom stereocenters. The molecule has 41 heavy (non-hydrogen) atoms. The van der Waals surface area contributed by atoms with Gasteiger partial charge < -0.3 is 26.2 Å². The van der Waals surface area contributed by atoms with Crippen molar-refractivity contribution in [2.24, 2.45) is 11.7 Å². The van der Waals surface area contributed by atoms with Gasteiger partial charge in [-0.2, -0.15) is 0 Å². The lowest BCUT2D eigenvalue weighted by Crippen LogP contribution is -2.53. The number of ether oxygens (including phenoxy) is 1.